The maximum absolute atomic E-state index is 10.4. The number of carboxylic acids is 1. The molecule has 0 saturated carbocycles. The second kappa shape index (κ2) is 3.78. The molecule has 0 unspecified atom stereocenters. The van der Waals surface area contributed by atoms with Crippen molar-refractivity contribution >= 4 is 5.97 Å². The first-order valence-corrected chi connectivity index (χ1v) is 3.10. The number of carbonyl (C=O) groups is 1. The van der Waals surface area contributed by atoms with E-state index in [0.717, 1.165) is 0 Å². The van der Waals surface area contributed by atoms with Crippen LogP contribution in [0.1, 0.15) is 0 Å². The standard InChI is InChI=1S/C7H8O4/c8-7(9)6-1-3-10-5-11-4-2-6/h1-3H,4-5H2,(H,8,9). The van der Waals surface area contributed by atoms with Crippen LogP contribution < -0.4 is 0 Å². The van der Waals surface area contributed by atoms with Crippen molar-refractivity contribution in [1.29, 1.82) is 0 Å². The molecular weight excluding hydrogens is 148 g/mol. The van der Waals surface area contributed by atoms with Gasteiger partial charge in [0, 0.05) is 0 Å². The highest BCUT2D eigenvalue weighted by molar-refractivity contribution is 5.89. The Morgan fingerprint density at radius 1 is 1.64 bits per heavy atom. The van der Waals surface area contributed by atoms with E-state index in [4.69, 9.17) is 14.6 Å². The van der Waals surface area contributed by atoms with Crippen molar-refractivity contribution in [1.82, 2.24) is 0 Å². The van der Waals surface area contributed by atoms with Crippen LogP contribution in [0.5, 0.6) is 0 Å². The van der Waals surface area contributed by atoms with Gasteiger partial charge in [0.15, 0.2) is 6.79 Å². The highest BCUT2D eigenvalue weighted by atomic mass is 16.7. The van der Waals surface area contributed by atoms with E-state index in [9.17, 15) is 4.79 Å². The Bertz CT molecular complexity index is 204. The summed E-state index contributed by atoms with van der Waals surface area (Å²) in [5.41, 5.74) is 0.185. The average Bonchev–Trinajstić information content (AvgIpc) is 1.84. The normalized spacial score (nSPS) is 17.6. The summed E-state index contributed by atoms with van der Waals surface area (Å²) >= 11 is 0. The first kappa shape index (κ1) is 7.81. The summed E-state index contributed by atoms with van der Waals surface area (Å²) in [5.74, 6) is -0.977. The number of ether oxygens (including phenoxy) is 2. The van der Waals surface area contributed by atoms with E-state index >= 15 is 0 Å². The Kier molecular flexibility index (Phi) is 2.68. The number of aliphatic carboxylic acids is 1. The second-order valence-corrected chi connectivity index (χ2v) is 1.92. The van der Waals surface area contributed by atoms with Gasteiger partial charge in [-0.05, 0) is 12.2 Å². The van der Waals surface area contributed by atoms with Crippen molar-refractivity contribution in [2.75, 3.05) is 13.4 Å². The van der Waals surface area contributed by atoms with Crippen molar-refractivity contribution in [3.05, 3.63) is 24.0 Å². The van der Waals surface area contributed by atoms with Crippen LogP contribution in [0.2, 0.25) is 0 Å². The Labute approximate surface area is 63.7 Å². The molecule has 11 heavy (non-hydrogen) atoms. The van der Waals surface area contributed by atoms with E-state index in [-0.39, 0.29) is 19.0 Å². The molecule has 0 bridgehead atoms. The predicted octanol–water partition coefficient (Wildman–Crippen LogP) is 0.515. The van der Waals surface area contributed by atoms with Gasteiger partial charge in [-0.25, -0.2) is 4.79 Å². The minimum Gasteiger partial charge on any atom is -0.478 e. The maximum atomic E-state index is 10.4. The van der Waals surface area contributed by atoms with Crippen LogP contribution in [-0.4, -0.2) is 24.5 Å². The van der Waals surface area contributed by atoms with Gasteiger partial charge in [0.05, 0.1) is 18.4 Å². The number of hydrogen-bond donors (Lipinski definition) is 1. The van der Waals surface area contributed by atoms with Gasteiger partial charge >= 0.3 is 5.97 Å². The summed E-state index contributed by atoms with van der Waals surface area (Å²) in [5, 5.41) is 8.52. The van der Waals surface area contributed by atoms with E-state index in [1.165, 1.54) is 18.4 Å². The number of carboxylic acid groups (broad SMARTS) is 1. The van der Waals surface area contributed by atoms with Gasteiger partial charge in [0.25, 0.3) is 0 Å². The molecule has 0 atom stereocenters. The summed E-state index contributed by atoms with van der Waals surface area (Å²) in [6.07, 6.45) is 4.19. The molecule has 0 saturated heterocycles. The van der Waals surface area contributed by atoms with E-state index in [1.54, 1.807) is 0 Å². The van der Waals surface area contributed by atoms with E-state index < -0.39 is 5.97 Å². The first-order chi connectivity index (χ1) is 5.30. The zero-order valence-corrected chi connectivity index (χ0v) is 5.82. The van der Waals surface area contributed by atoms with Gasteiger partial charge in [0.2, 0.25) is 0 Å². The Morgan fingerprint density at radius 3 is 3.18 bits per heavy atom. The fourth-order valence-corrected chi connectivity index (χ4v) is 0.632. The van der Waals surface area contributed by atoms with Gasteiger partial charge in [-0.1, -0.05) is 0 Å². The molecule has 1 N–H and O–H groups in total. The molecule has 4 heteroatoms. The first-order valence-electron chi connectivity index (χ1n) is 3.10. The Morgan fingerprint density at radius 2 is 2.45 bits per heavy atom. The van der Waals surface area contributed by atoms with Gasteiger partial charge in [0.1, 0.15) is 0 Å². The zero-order valence-electron chi connectivity index (χ0n) is 5.82. The predicted molar refractivity (Wildman–Crippen MR) is 36.8 cm³/mol. The Hall–Kier alpha value is -1.29. The van der Waals surface area contributed by atoms with Crippen LogP contribution in [0.4, 0.5) is 0 Å². The van der Waals surface area contributed by atoms with E-state index in [2.05, 4.69) is 0 Å². The number of hydrogen-bond acceptors (Lipinski definition) is 3. The van der Waals surface area contributed by atoms with Crippen LogP contribution in [0, 0.1) is 0 Å². The lowest BCUT2D eigenvalue weighted by atomic mass is 10.2. The molecule has 0 radical (unpaired) electrons. The molecule has 0 amide bonds. The average molecular weight is 156 g/mol. The highest BCUT2D eigenvalue weighted by Crippen LogP contribution is 2.00. The molecule has 0 aromatic carbocycles. The van der Waals surface area contributed by atoms with Crippen LogP contribution >= 0.6 is 0 Å². The molecule has 4 nitrogen and oxygen atoms in total. The fourth-order valence-electron chi connectivity index (χ4n) is 0.632. The van der Waals surface area contributed by atoms with E-state index in [1.807, 2.05) is 0 Å². The lowest BCUT2D eigenvalue weighted by molar-refractivity contribution is -0.132. The fraction of sp³-hybridized carbons (Fsp3) is 0.286. The van der Waals surface area contributed by atoms with Gasteiger partial charge in [-0.2, -0.15) is 0 Å². The molecule has 1 aliphatic heterocycles. The van der Waals surface area contributed by atoms with Crippen LogP contribution in [0.3, 0.4) is 0 Å². The lowest BCUT2D eigenvalue weighted by Gasteiger charge is -2.04. The van der Waals surface area contributed by atoms with Crippen molar-refractivity contribution < 1.29 is 19.4 Å². The monoisotopic (exact) mass is 156 g/mol. The second-order valence-electron chi connectivity index (χ2n) is 1.92. The largest absolute Gasteiger partial charge is 0.478 e. The molecule has 0 spiro atoms. The summed E-state index contributed by atoms with van der Waals surface area (Å²) in [6.45, 7) is 0.436. The molecule has 1 aliphatic rings. The minimum absolute atomic E-state index is 0.167. The smallest absolute Gasteiger partial charge is 0.335 e. The van der Waals surface area contributed by atoms with Crippen molar-refractivity contribution in [2.24, 2.45) is 0 Å². The summed E-state index contributed by atoms with van der Waals surface area (Å²) in [7, 11) is 0. The number of rotatable bonds is 1. The van der Waals surface area contributed by atoms with Crippen LogP contribution in [0.25, 0.3) is 0 Å². The molecule has 1 heterocycles. The zero-order chi connectivity index (χ0) is 8.10. The third-order valence-corrected chi connectivity index (χ3v) is 1.16. The molecule has 0 aliphatic carbocycles. The molecule has 0 fully saturated rings. The van der Waals surface area contributed by atoms with E-state index in [0.29, 0.717) is 0 Å². The van der Waals surface area contributed by atoms with Gasteiger partial charge in [-0.3, -0.25) is 0 Å². The highest BCUT2D eigenvalue weighted by Gasteiger charge is 2.03. The summed E-state index contributed by atoms with van der Waals surface area (Å²) < 4.78 is 9.59. The summed E-state index contributed by atoms with van der Waals surface area (Å²) in [6, 6.07) is 0. The molecule has 0 aromatic heterocycles. The molecule has 1 rings (SSSR count). The maximum Gasteiger partial charge on any atom is 0.335 e. The van der Waals surface area contributed by atoms with Crippen molar-refractivity contribution in [2.45, 2.75) is 0 Å². The van der Waals surface area contributed by atoms with Gasteiger partial charge in [-0.15, -0.1) is 0 Å². The van der Waals surface area contributed by atoms with Crippen LogP contribution in [0.15, 0.2) is 24.0 Å². The Balaban J connectivity index is 2.66. The van der Waals surface area contributed by atoms with Gasteiger partial charge < -0.3 is 14.6 Å². The minimum atomic E-state index is -0.977. The summed E-state index contributed by atoms with van der Waals surface area (Å²) in [4.78, 5) is 10.4. The SMILES string of the molecule is O=C(O)C1=CCOCOC=C1. The molecule has 60 valence electrons. The third kappa shape index (κ3) is 2.43. The lowest BCUT2D eigenvalue weighted by Crippen LogP contribution is -2.04. The van der Waals surface area contributed by atoms with Crippen molar-refractivity contribution in [3.8, 4) is 0 Å². The molecular formula is C7H8O4. The van der Waals surface area contributed by atoms with Crippen LogP contribution in [-0.2, 0) is 14.3 Å². The topological polar surface area (TPSA) is 55.8 Å². The quantitative estimate of drug-likeness (QED) is 0.601. The van der Waals surface area contributed by atoms with Crippen molar-refractivity contribution in [3.63, 3.8) is 0 Å². The third-order valence-electron chi connectivity index (χ3n) is 1.16. The molecule has 0 aromatic rings.